The van der Waals surface area contributed by atoms with Crippen LogP contribution in [-0.2, 0) is 27.8 Å². The van der Waals surface area contributed by atoms with Crippen LogP contribution in [0.1, 0.15) is 16.7 Å². The quantitative estimate of drug-likeness (QED) is 0.649. The molecule has 0 unspecified atom stereocenters. The summed E-state index contributed by atoms with van der Waals surface area (Å²) >= 11 is 0. The maximum Gasteiger partial charge on any atom is 0.264 e. The van der Waals surface area contributed by atoms with Crippen LogP contribution in [0.15, 0.2) is 83.8 Å². The minimum Gasteiger partial charge on any atom is -0.352 e. The van der Waals surface area contributed by atoms with E-state index in [9.17, 15) is 13.2 Å². The Balaban J connectivity index is 1.61. The lowest BCUT2D eigenvalue weighted by molar-refractivity contribution is -0.120. The predicted molar refractivity (Wildman–Crippen MR) is 115 cm³/mol. The highest BCUT2D eigenvalue weighted by Crippen LogP contribution is 2.22. The Morgan fingerprint density at radius 3 is 2.24 bits per heavy atom. The first-order valence-corrected chi connectivity index (χ1v) is 10.8. The summed E-state index contributed by atoms with van der Waals surface area (Å²) in [5.41, 5.74) is 3.57. The summed E-state index contributed by atoms with van der Waals surface area (Å²) < 4.78 is 26.6. The van der Waals surface area contributed by atoms with Crippen LogP contribution < -0.4 is 9.62 Å². The highest BCUT2D eigenvalue weighted by molar-refractivity contribution is 7.92. The van der Waals surface area contributed by atoms with E-state index in [0.29, 0.717) is 12.2 Å². The predicted octanol–water partition coefficient (Wildman–Crippen LogP) is 3.68. The molecule has 0 fully saturated rings. The van der Waals surface area contributed by atoms with Crippen LogP contribution in [-0.4, -0.2) is 21.4 Å². The maximum atomic E-state index is 12.7. The van der Waals surface area contributed by atoms with Crippen molar-refractivity contribution in [3.63, 3.8) is 0 Å². The number of aryl methyl sites for hydroxylation is 1. The SMILES string of the molecule is Cc1cccc(CNC(=O)Cc2ccc(N(C)S(=O)(=O)c3ccccc3)cc2)c1. The first-order chi connectivity index (χ1) is 13.9. The Morgan fingerprint density at radius 1 is 0.897 bits per heavy atom. The van der Waals surface area contributed by atoms with Gasteiger partial charge in [-0.2, -0.15) is 0 Å². The summed E-state index contributed by atoms with van der Waals surface area (Å²) in [6.45, 7) is 2.50. The molecule has 0 aromatic heterocycles. The third-order valence-electron chi connectivity index (χ3n) is 4.64. The zero-order valence-corrected chi connectivity index (χ0v) is 17.3. The molecule has 3 rings (SSSR count). The molecule has 0 bridgehead atoms. The van der Waals surface area contributed by atoms with Crippen molar-refractivity contribution in [2.24, 2.45) is 0 Å². The van der Waals surface area contributed by atoms with E-state index in [4.69, 9.17) is 0 Å². The van der Waals surface area contributed by atoms with Gasteiger partial charge in [-0.3, -0.25) is 9.10 Å². The number of amides is 1. The minimum atomic E-state index is -3.62. The van der Waals surface area contributed by atoms with Crippen LogP contribution in [0.3, 0.4) is 0 Å². The Labute approximate surface area is 172 Å². The van der Waals surface area contributed by atoms with Gasteiger partial charge in [0.2, 0.25) is 5.91 Å². The lowest BCUT2D eigenvalue weighted by atomic mass is 10.1. The number of sulfonamides is 1. The highest BCUT2D eigenvalue weighted by Gasteiger charge is 2.20. The number of anilines is 1. The van der Waals surface area contributed by atoms with Gasteiger partial charge in [-0.25, -0.2) is 8.42 Å². The molecule has 0 heterocycles. The molecule has 0 radical (unpaired) electrons. The minimum absolute atomic E-state index is 0.0792. The molecule has 1 amide bonds. The molecule has 3 aromatic carbocycles. The fraction of sp³-hybridized carbons (Fsp3) is 0.174. The van der Waals surface area contributed by atoms with Gasteiger partial charge >= 0.3 is 0 Å². The van der Waals surface area contributed by atoms with Crippen molar-refractivity contribution < 1.29 is 13.2 Å². The summed E-state index contributed by atoms with van der Waals surface area (Å²) in [6, 6.07) is 23.3. The molecule has 29 heavy (non-hydrogen) atoms. The third kappa shape index (κ3) is 5.23. The number of nitrogens with zero attached hydrogens (tertiary/aromatic N) is 1. The number of carbonyl (C=O) groups excluding carboxylic acids is 1. The fourth-order valence-electron chi connectivity index (χ4n) is 2.98. The van der Waals surface area contributed by atoms with Crippen molar-refractivity contribution in [2.75, 3.05) is 11.4 Å². The third-order valence-corrected chi connectivity index (χ3v) is 6.44. The maximum absolute atomic E-state index is 12.7. The first-order valence-electron chi connectivity index (χ1n) is 9.31. The van der Waals surface area contributed by atoms with Gasteiger partial charge in [-0.1, -0.05) is 60.2 Å². The number of benzene rings is 3. The average Bonchev–Trinajstić information content (AvgIpc) is 2.73. The van der Waals surface area contributed by atoms with E-state index in [-0.39, 0.29) is 17.2 Å². The van der Waals surface area contributed by atoms with Gasteiger partial charge in [0.15, 0.2) is 0 Å². The van der Waals surface area contributed by atoms with Gasteiger partial charge in [-0.05, 0) is 42.3 Å². The van der Waals surface area contributed by atoms with Gasteiger partial charge < -0.3 is 5.32 Å². The van der Waals surface area contributed by atoms with Gasteiger partial charge in [0.1, 0.15) is 0 Å². The van der Waals surface area contributed by atoms with Crippen molar-refractivity contribution in [3.05, 3.63) is 95.6 Å². The topological polar surface area (TPSA) is 66.5 Å². The molecule has 5 nitrogen and oxygen atoms in total. The molecule has 0 aliphatic rings. The van der Waals surface area contributed by atoms with E-state index < -0.39 is 10.0 Å². The van der Waals surface area contributed by atoms with Crippen LogP contribution in [0, 0.1) is 6.92 Å². The zero-order valence-electron chi connectivity index (χ0n) is 16.5. The van der Waals surface area contributed by atoms with Gasteiger partial charge in [0, 0.05) is 13.6 Å². The largest absolute Gasteiger partial charge is 0.352 e. The molecule has 0 spiro atoms. The summed E-state index contributed by atoms with van der Waals surface area (Å²) in [6.07, 6.45) is 0.237. The molecule has 0 aliphatic heterocycles. The Bertz CT molecular complexity index is 1080. The monoisotopic (exact) mass is 408 g/mol. The summed E-state index contributed by atoms with van der Waals surface area (Å²) in [7, 11) is -2.10. The molecule has 150 valence electrons. The van der Waals surface area contributed by atoms with Gasteiger partial charge in [-0.15, -0.1) is 0 Å². The standard InChI is InChI=1S/C23H24N2O3S/c1-18-7-6-8-20(15-18)17-24-23(26)16-19-11-13-21(14-12-19)25(2)29(27,28)22-9-4-3-5-10-22/h3-15H,16-17H2,1-2H3,(H,24,26). The van der Waals surface area contributed by atoms with Crippen LogP contribution in [0.25, 0.3) is 0 Å². The van der Waals surface area contributed by atoms with E-state index in [1.165, 1.54) is 11.4 Å². The normalized spacial score (nSPS) is 11.1. The average molecular weight is 409 g/mol. The first kappa shape index (κ1) is 20.6. The van der Waals surface area contributed by atoms with Gasteiger partial charge in [0.05, 0.1) is 17.0 Å². The molecule has 6 heteroatoms. The second kappa shape index (κ2) is 8.92. The van der Waals surface area contributed by atoms with E-state index in [0.717, 1.165) is 16.7 Å². The van der Waals surface area contributed by atoms with E-state index in [1.54, 1.807) is 54.6 Å². The van der Waals surface area contributed by atoms with E-state index >= 15 is 0 Å². The van der Waals surface area contributed by atoms with Crippen LogP contribution in [0.2, 0.25) is 0 Å². The second-order valence-electron chi connectivity index (χ2n) is 6.89. The lowest BCUT2D eigenvalue weighted by Gasteiger charge is -2.19. The van der Waals surface area contributed by atoms with Gasteiger partial charge in [0.25, 0.3) is 10.0 Å². The smallest absolute Gasteiger partial charge is 0.264 e. The fourth-order valence-corrected chi connectivity index (χ4v) is 4.20. The van der Waals surface area contributed by atoms with Crippen molar-refractivity contribution >= 4 is 21.6 Å². The lowest BCUT2D eigenvalue weighted by Crippen LogP contribution is -2.26. The second-order valence-corrected chi connectivity index (χ2v) is 8.86. The summed E-state index contributed by atoms with van der Waals surface area (Å²) in [4.78, 5) is 12.5. The molecule has 1 N–H and O–H groups in total. The van der Waals surface area contributed by atoms with Crippen molar-refractivity contribution in [2.45, 2.75) is 24.8 Å². The highest BCUT2D eigenvalue weighted by atomic mass is 32.2. The molecular formula is C23H24N2O3S. The van der Waals surface area contributed by atoms with E-state index in [1.807, 2.05) is 31.2 Å². The molecular weight excluding hydrogens is 384 g/mol. The number of nitrogens with one attached hydrogen (secondary N) is 1. The molecule has 0 atom stereocenters. The molecule has 3 aromatic rings. The van der Waals surface area contributed by atoms with Crippen LogP contribution >= 0.6 is 0 Å². The van der Waals surface area contributed by atoms with Crippen LogP contribution in [0.4, 0.5) is 5.69 Å². The molecule has 0 aliphatic carbocycles. The number of hydrogen-bond donors (Lipinski definition) is 1. The number of hydrogen-bond acceptors (Lipinski definition) is 3. The number of carbonyl (C=O) groups is 1. The summed E-state index contributed by atoms with van der Waals surface area (Å²) in [5.74, 6) is -0.0792. The van der Waals surface area contributed by atoms with Crippen molar-refractivity contribution in [3.8, 4) is 0 Å². The zero-order chi connectivity index (χ0) is 20.9. The van der Waals surface area contributed by atoms with Crippen LogP contribution in [0.5, 0.6) is 0 Å². The van der Waals surface area contributed by atoms with Crippen molar-refractivity contribution in [1.82, 2.24) is 5.32 Å². The molecule has 0 saturated carbocycles. The Kier molecular flexibility index (Phi) is 6.34. The Morgan fingerprint density at radius 2 is 1.59 bits per heavy atom. The van der Waals surface area contributed by atoms with Crippen molar-refractivity contribution in [1.29, 1.82) is 0 Å². The number of rotatable bonds is 7. The molecule has 0 saturated heterocycles. The van der Waals surface area contributed by atoms with E-state index in [2.05, 4.69) is 5.32 Å². The Hall–Kier alpha value is -3.12. The summed E-state index contributed by atoms with van der Waals surface area (Å²) in [5, 5.41) is 2.91.